The molecule has 1 amide bonds. The van der Waals surface area contributed by atoms with Crippen molar-refractivity contribution in [2.24, 2.45) is 0 Å². The average Bonchev–Trinajstić information content (AvgIpc) is 2.41. The number of amides is 1. The fourth-order valence-corrected chi connectivity index (χ4v) is 2.26. The topological polar surface area (TPSA) is 20.3 Å². The highest BCUT2D eigenvalue weighted by molar-refractivity contribution is 6.31. The number of anilines is 1. The fourth-order valence-electron chi connectivity index (χ4n) is 2.07. The van der Waals surface area contributed by atoms with E-state index in [9.17, 15) is 4.79 Å². The summed E-state index contributed by atoms with van der Waals surface area (Å²) in [5.74, 6) is -0.0284. The van der Waals surface area contributed by atoms with E-state index in [4.69, 9.17) is 11.6 Å². The van der Waals surface area contributed by atoms with E-state index in [1.807, 2.05) is 38.1 Å². The summed E-state index contributed by atoms with van der Waals surface area (Å²) in [6.45, 7) is 4.59. The third-order valence-corrected chi connectivity index (χ3v) is 3.27. The van der Waals surface area contributed by atoms with Gasteiger partial charge < -0.3 is 4.90 Å². The van der Waals surface area contributed by atoms with Crippen LogP contribution in [0.15, 0.2) is 48.5 Å². The van der Waals surface area contributed by atoms with Gasteiger partial charge in [0.05, 0.1) is 0 Å². The highest BCUT2D eigenvalue weighted by atomic mass is 35.5. The molecule has 98 valence electrons. The first-order chi connectivity index (χ1) is 9.13. The molecule has 0 bridgehead atoms. The maximum absolute atomic E-state index is 12.5. The molecule has 0 N–H and O–H groups in total. The molecular formula is C16H16ClNO. The maximum Gasteiger partial charge on any atom is 0.258 e. The molecule has 0 aromatic heterocycles. The molecule has 0 atom stereocenters. The van der Waals surface area contributed by atoms with Gasteiger partial charge in [-0.1, -0.05) is 35.9 Å². The van der Waals surface area contributed by atoms with Crippen LogP contribution in [0.3, 0.4) is 0 Å². The highest BCUT2D eigenvalue weighted by Crippen LogP contribution is 2.22. The monoisotopic (exact) mass is 273 g/mol. The van der Waals surface area contributed by atoms with Crippen molar-refractivity contribution >= 4 is 23.2 Å². The minimum atomic E-state index is -0.0284. The Kier molecular flexibility index (Phi) is 4.23. The van der Waals surface area contributed by atoms with Crippen molar-refractivity contribution in [2.75, 3.05) is 11.4 Å². The van der Waals surface area contributed by atoms with Gasteiger partial charge in [-0.05, 0) is 43.7 Å². The Hall–Kier alpha value is -1.80. The van der Waals surface area contributed by atoms with Crippen molar-refractivity contribution in [1.82, 2.24) is 0 Å². The zero-order chi connectivity index (χ0) is 13.8. The standard InChI is InChI=1S/C16H16ClNO/c1-3-18(15-10-5-4-7-12(15)2)16(19)13-8-6-9-14(17)11-13/h4-11H,3H2,1-2H3. The number of carbonyl (C=O) groups excluding carboxylic acids is 1. The van der Waals surface area contributed by atoms with Gasteiger partial charge in [-0.2, -0.15) is 0 Å². The predicted octanol–water partition coefficient (Wildman–Crippen LogP) is 4.32. The van der Waals surface area contributed by atoms with Crippen LogP contribution in [0.25, 0.3) is 0 Å². The summed E-state index contributed by atoms with van der Waals surface area (Å²) < 4.78 is 0. The minimum absolute atomic E-state index is 0.0284. The highest BCUT2D eigenvalue weighted by Gasteiger charge is 2.17. The van der Waals surface area contributed by atoms with E-state index in [0.29, 0.717) is 17.1 Å². The van der Waals surface area contributed by atoms with Crippen molar-refractivity contribution in [1.29, 1.82) is 0 Å². The fraction of sp³-hybridized carbons (Fsp3) is 0.188. The van der Waals surface area contributed by atoms with E-state index in [2.05, 4.69) is 0 Å². The lowest BCUT2D eigenvalue weighted by molar-refractivity contribution is 0.0988. The van der Waals surface area contributed by atoms with Gasteiger partial charge in [-0.3, -0.25) is 4.79 Å². The van der Waals surface area contributed by atoms with Crippen molar-refractivity contribution < 1.29 is 4.79 Å². The lowest BCUT2D eigenvalue weighted by Crippen LogP contribution is -2.31. The number of hydrogen-bond acceptors (Lipinski definition) is 1. The Labute approximate surface area is 118 Å². The van der Waals surface area contributed by atoms with E-state index < -0.39 is 0 Å². The molecule has 2 aromatic carbocycles. The lowest BCUT2D eigenvalue weighted by atomic mass is 10.1. The zero-order valence-corrected chi connectivity index (χ0v) is 11.8. The van der Waals surface area contributed by atoms with Crippen LogP contribution in [0.2, 0.25) is 5.02 Å². The molecule has 0 fully saturated rings. The first-order valence-corrected chi connectivity index (χ1v) is 6.64. The molecule has 2 aromatic rings. The molecule has 3 heteroatoms. The van der Waals surface area contributed by atoms with Crippen molar-refractivity contribution in [2.45, 2.75) is 13.8 Å². The van der Waals surface area contributed by atoms with E-state index >= 15 is 0 Å². The van der Waals surface area contributed by atoms with Gasteiger partial charge in [0.25, 0.3) is 5.91 Å². The van der Waals surface area contributed by atoms with E-state index in [1.54, 1.807) is 29.2 Å². The van der Waals surface area contributed by atoms with Crippen molar-refractivity contribution in [3.8, 4) is 0 Å². The van der Waals surface area contributed by atoms with Gasteiger partial charge in [-0.15, -0.1) is 0 Å². The van der Waals surface area contributed by atoms with E-state index in [1.165, 1.54) is 0 Å². The molecular weight excluding hydrogens is 258 g/mol. The Bertz CT molecular complexity index is 595. The van der Waals surface area contributed by atoms with Crippen LogP contribution < -0.4 is 4.90 Å². The van der Waals surface area contributed by atoms with Gasteiger partial charge >= 0.3 is 0 Å². The third kappa shape index (κ3) is 2.96. The second-order valence-corrected chi connectivity index (χ2v) is 4.78. The summed E-state index contributed by atoms with van der Waals surface area (Å²) in [7, 11) is 0. The summed E-state index contributed by atoms with van der Waals surface area (Å²) in [5.41, 5.74) is 2.63. The summed E-state index contributed by atoms with van der Waals surface area (Å²) in [5, 5.41) is 0.576. The molecule has 19 heavy (non-hydrogen) atoms. The molecule has 0 saturated heterocycles. The first kappa shape index (κ1) is 13.6. The largest absolute Gasteiger partial charge is 0.308 e. The smallest absolute Gasteiger partial charge is 0.258 e. The van der Waals surface area contributed by atoms with Crippen LogP contribution in [-0.2, 0) is 0 Å². The number of halogens is 1. The van der Waals surface area contributed by atoms with Crippen LogP contribution >= 0.6 is 11.6 Å². The summed E-state index contributed by atoms with van der Waals surface area (Å²) in [6.07, 6.45) is 0. The van der Waals surface area contributed by atoms with Crippen LogP contribution in [-0.4, -0.2) is 12.5 Å². The van der Waals surface area contributed by atoms with Gasteiger partial charge in [-0.25, -0.2) is 0 Å². The Morgan fingerprint density at radius 2 is 1.89 bits per heavy atom. The van der Waals surface area contributed by atoms with Crippen molar-refractivity contribution in [3.63, 3.8) is 0 Å². The number of rotatable bonds is 3. The second-order valence-electron chi connectivity index (χ2n) is 4.35. The van der Waals surface area contributed by atoms with Crippen LogP contribution in [0.1, 0.15) is 22.8 Å². The maximum atomic E-state index is 12.5. The summed E-state index contributed by atoms with van der Waals surface area (Å²) in [6, 6.07) is 14.9. The molecule has 0 aliphatic carbocycles. The molecule has 0 spiro atoms. The van der Waals surface area contributed by atoms with Gasteiger partial charge in [0, 0.05) is 22.8 Å². The summed E-state index contributed by atoms with van der Waals surface area (Å²) in [4.78, 5) is 14.3. The molecule has 2 nitrogen and oxygen atoms in total. The quantitative estimate of drug-likeness (QED) is 0.816. The molecule has 0 saturated carbocycles. The SMILES string of the molecule is CCN(C(=O)c1cccc(Cl)c1)c1ccccc1C. The number of para-hydroxylation sites is 1. The van der Waals surface area contributed by atoms with Crippen LogP contribution in [0.5, 0.6) is 0 Å². The third-order valence-electron chi connectivity index (χ3n) is 3.04. The number of hydrogen-bond donors (Lipinski definition) is 0. The second kappa shape index (κ2) is 5.89. The Morgan fingerprint density at radius 3 is 2.53 bits per heavy atom. The van der Waals surface area contributed by atoms with E-state index in [-0.39, 0.29) is 5.91 Å². The first-order valence-electron chi connectivity index (χ1n) is 6.26. The van der Waals surface area contributed by atoms with Crippen molar-refractivity contribution in [3.05, 3.63) is 64.7 Å². The zero-order valence-electron chi connectivity index (χ0n) is 11.1. The van der Waals surface area contributed by atoms with Gasteiger partial charge in [0.1, 0.15) is 0 Å². The number of aryl methyl sites for hydroxylation is 1. The molecule has 0 radical (unpaired) electrons. The van der Waals surface area contributed by atoms with Crippen LogP contribution in [0.4, 0.5) is 5.69 Å². The molecule has 0 heterocycles. The Balaban J connectivity index is 2.38. The molecule has 0 aliphatic rings. The predicted molar refractivity (Wildman–Crippen MR) is 80.0 cm³/mol. The van der Waals surface area contributed by atoms with Crippen LogP contribution in [0, 0.1) is 6.92 Å². The Morgan fingerprint density at radius 1 is 1.16 bits per heavy atom. The average molecular weight is 274 g/mol. The number of nitrogens with zero attached hydrogens (tertiary/aromatic N) is 1. The molecule has 0 unspecified atom stereocenters. The molecule has 2 rings (SSSR count). The minimum Gasteiger partial charge on any atom is -0.308 e. The summed E-state index contributed by atoms with van der Waals surface area (Å²) >= 11 is 5.94. The van der Waals surface area contributed by atoms with Gasteiger partial charge in [0.2, 0.25) is 0 Å². The number of carbonyl (C=O) groups is 1. The van der Waals surface area contributed by atoms with Gasteiger partial charge in [0.15, 0.2) is 0 Å². The molecule has 0 aliphatic heterocycles. The number of benzene rings is 2. The lowest BCUT2D eigenvalue weighted by Gasteiger charge is -2.23. The normalized spacial score (nSPS) is 10.3. The van der Waals surface area contributed by atoms with E-state index in [0.717, 1.165) is 11.3 Å².